The number of amides is 2. The van der Waals surface area contributed by atoms with E-state index in [0.29, 0.717) is 40.4 Å². The third-order valence-electron chi connectivity index (χ3n) is 6.13. The van der Waals surface area contributed by atoms with E-state index in [2.05, 4.69) is 10.3 Å². The van der Waals surface area contributed by atoms with Gasteiger partial charge in [-0.3, -0.25) is 14.0 Å². The fourth-order valence-electron chi connectivity index (χ4n) is 4.24. The number of aromatic nitrogens is 2. The van der Waals surface area contributed by atoms with Crippen LogP contribution in [0.2, 0.25) is 5.02 Å². The Balaban J connectivity index is 1.50. The van der Waals surface area contributed by atoms with Crippen molar-refractivity contribution in [2.24, 2.45) is 5.73 Å². The summed E-state index contributed by atoms with van der Waals surface area (Å²) in [6.07, 6.45) is 2.54. The Morgan fingerprint density at radius 2 is 1.89 bits per heavy atom. The molecule has 0 aliphatic rings. The van der Waals surface area contributed by atoms with Crippen molar-refractivity contribution < 1.29 is 18.7 Å². The Kier molecular flexibility index (Phi) is 8.32. The summed E-state index contributed by atoms with van der Waals surface area (Å²) in [5.41, 5.74) is 9.01. The van der Waals surface area contributed by atoms with Crippen LogP contribution in [-0.4, -0.2) is 33.3 Å². The van der Waals surface area contributed by atoms with E-state index < -0.39 is 11.9 Å². The number of pyridine rings is 1. The smallest absolute Gasteiger partial charge is 0.251 e. The number of rotatable bonds is 10. The second-order valence-corrected chi connectivity index (χ2v) is 9.93. The SMILES string of the molecule is Cc1cccn2c(F)c(-c3ccc(C[C@@H](CCC(N)=O)NC(=O)c4ccc(OC(C)C)c(Cl)c4)cc3)nc12. The summed E-state index contributed by atoms with van der Waals surface area (Å²) in [7, 11) is 0. The average molecular weight is 537 g/mol. The highest BCUT2D eigenvalue weighted by atomic mass is 35.5. The number of fused-ring (bicyclic) bond motifs is 1. The summed E-state index contributed by atoms with van der Waals surface area (Å²) in [5, 5.41) is 3.32. The lowest BCUT2D eigenvalue weighted by Gasteiger charge is -2.19. The molecule has 2 heterocycles. The zero-order chi connectivity index (χ0) is 27.4. The molecule has 9 heteroatoms. The highest BCUT2D eigenvalue weighted by Gasteiger charge is 2.19. The van der Waals surface area contributed by atoms with E-state index in [0.717, 1.165) is 11.1 Å². The number of nitrogens with zero attached hydrogens (tertiary/aromatic N) is 2. The Morgan fingerprint density at radius 3 is 2.53 bits per heavy atom. The first kappa shape index (κ1) is 27.1. The molecule has 0 fully saturated rings. The van der Waals surface area contributed by atoms with Crippen LogP contribution in [0.15, 0.2) is 60.8 Å². The number of imidazole rings is 1. The quantitative estimate of drug-likeness (QED) is 0.280. The molecule has 0 spiro atoms. The van der Waals surface area contributed by atoms with Gasteiger partial charge in [0.15, 0.2) is 0 Å². The van der Waals surface area contributed by atoms with Crippen molar-refractivity contribution in [3.8, 4) is 17.0 Å². The Hall–Kier alpha value is -3.91. The maximum absolute atomic E-state index is 15.0. The monoisotopic (exact) mass is 536 g/mol. The van der Waals surface area contributed by atoms with Gasteiger partial charge >= 0.3 is 0 Å². The number of aryl methyl sites for hydroxylation is 1. The molecule has 38 heavy (non-hydrogen) atoms. The van der Waals surface area contributed by atoms with Crippen molar-refractivity contribution in [1.82, 2.24) is 14.7 Å². The average Bonchev–Trinajstić information content (AvgIpc) is 3.21. The molecule has 7 nitrogen and oxygen atoms in total. The molecule has 1 atom stereocenters. The molecule has 2 aromatic carbocycles. The molecule has 0 saturated carbocycles. The summed E-state index contributed by atoms with van der Waals surface area (Å²) >= 11 is 6.30. The Morgan fingerprint density at radius 1 is 1.16 bits per heavy atom. The van der Waals surface area contributed by atoms with E-state index in [-0.39, 0.29) is 30.2 Å². The largest absolute Gasteiger partial charge is 0.489 e. The Labute approximate surface area is 225 Å². The van der Waals surface area contributed by atoms with Gasteiger partial charge in [-0.2, -0.15) is 4.39 Å². The van der Waals surface area contributed by atoms with Gasteiger partial charge in [0.1, 0.15) is 17.1 Å². The zero-order valence-corrected chi connectivity index (χ0v) is 22.3. The van der Waals surface area contributed by atoms with E-state index in [1.807, 2.05) is 39.0 Å². The molecular formula is C29H30ClFN4O3. The predicted molar refractivity (Wildman–Crippen MR) is 146 cm³/mol. The minimum absolute atomic E-state index is 0.0509. The molecule has 2 aromatic heterocycles. The van der Waals surface area contributed by atoms with Crippen LogP contribution in [-0.2, 0) is 11.2 Å². The molecule has 0 aliphatic carbocycles. The number of benzene rings is 2. The maximum atomic E-state index is 15.0. The number of carbonyl (C=O) groups excluding carboxylic acids is 2. The summed E-state index contributed by atoms with van der Waals surface area (Å²) in [4.78, 5) is 28.9. The summed E-state index contributed by atoms with van der Waals surface area (Å²) in [6, 6.07) is 15.5. The van der Waals surface area contributed by atoms with Crippen LogP contribution in [0.3, 0.4) is 0 Å². The number of hydrogen-bond acceptors (Lipinski definition) is 4. The van der Waals surface area contributed by atoms with Crippen molar-refractivity contribution in [2.75, 3.05) is 0 Å². The topological polar surface area (TPSA) is 98.7 Å². The molecule has 4 rings (SSSR count). The lowest BCUT2D eigenvalue weighted by molar-refractivity contribution is -0.118. The van der Waals surface area contributed by atoms with Crippen molar-refractivity contribution in [3.63, 3.8) is 0 Å². The van der Waals surface area contributed by atoms with E-state index >= 15 is 0 Å². The molecular weight excluding hydrogens is 507 g/mol. The van der Waals surface area contributed by atoms with Crippen LogP contribution >= 0.6 is 11.6 Å². The van der Waals surface area contributed by atoms with Gasteiger partial charge in [0, 0.05) is 29.8 Å². The number of primary amides is 1. The number of nitrogens with one attached hydrogen (secondary N) is 1. The molecule has 0 radical (unpaired) electrons. The van der Waals surface area contributed by atoms with Crippen LogP contribution in [0.4, 0.5) is 4.39 Å². The molecule has 198 valence electrons. The van der Waals surface area contributed by atoms with Gasteiger partial charge < -0.3 is 15.8 Å². The summed E-state index contributed by atoms with van der Waals surface area (Å²) in [6.45, 7) is 5.67. The molecule has 3 N–H and O–H groups in total. The van der Waals surface area contributed by atoms with E-state index in [1.54, 1.807) is 42.6 Å². The lowest BCUT2D eigenvalue weighted by atomic mass is 9.99. The number of carbonyl (C=O) groups is 2. The van der Waals surface area contributed by atoms with Gasteiger partial charge in [-0.05, 0) is 69.0 Å². The molecule has 0 saturated heterocycles. The van der Waals surface area contributed by atoms with E-state index in [1.165, 1.54) is 4.40 Å². The first-order chi connectivity index (χ1) is 18.1. The van der Waals surface area contributed by atoms with Crippen LogP contribution in [0.1, 0.15) is 48.2 Å². The standard InChI is InChI=1S/C29H30ClFN4O3/c1-17(2)38-24-12-10-21(16-23(24)30)29(37)33-22(11-13-25(32)36)15-19-6-8-20(9-7-19)26-27(31)35-14-4-5-18(3)28(35)34-26/h4-10,12,14,16-17,22H,11,13,15H2,1-3H3,(H2,32,36)(H,33,37)/t22-/m1/s1. The third kappa shape index (κ3) is 6.31. The van der Waals surface area contributed by atoms with E-state index in [9.17, 15) is 14.0 Å². The molecule has 0 unspecified atom stereocenters. The van der Waals surface area contributed by atoms with Crippen molar-refractivity contribution in [3.05, 3.63) is 88.5 Å². The maximum Gasteiger partial charge on any atom is 0.251 e. The second-order valence-electron chi connectivity index (χ2n) is 9.52. The van der Waals surface area contributed by atoms with Crippen LogP contribution in [0.5, 0.6) is 5.75 Å². The van der Waals surface area contributed by atoms with Crippen LogP contribution in [0.25, 0.3) is 16.9 Å². The van der Waals surface area contributed by atoms with Crippen molar-refractivity contribution >= 4 is 29.1 Å². The molecule has 4 aromatic rings. The molecule has 0 bridgehead atoms. The fraction of sp³-hybridized carbons (Fsp3) is 0.276. The van der Waals surface area contributed by atoms with E-state index in [4.69, 9.17) is 22.1 Å². The highest BCUT2D eigenvalue weighted by molar-refractivity contribution is 6.32. The Bertz CT molecular complexity index is 1470. The number of nitrogens with two attached hydrogens (primary N) is 1. The van der Waals surface area contributed by atoms with Gasteiger partial charge in [-0.25, -0.2) is 4.98 Å². The lowest BCUT2D eigenvalue weighted by Crippen LogP contribution is -2.37. The predicted octanol–water partition coefficient (Wildman–Crippen LogP) is 5.50. The molecule has 2 amide bonds. The first-order valence-corrected chi connectivity index (χ1v) is 12.8. The summed E-state index contributed by atoms with van der Waals surface area (Å²) in [5.74, 6) is -0.695. The number of hydrogen-bond donors (Lipinski definition) is 2. The molecule has 0 aliphatic heterocycles. The zero-order valence-electron chi connectivity index (χ0n) is 21.5. The minimum atomic E-state index is -0.449. The van der Waals surface area contributed by atoms with Crippen molar-refractivity contribution in [2.45, 2.75) is 52.2 Å². The number of ether oxygens (including phenoxy) is 1. The minimum Gasteiger partial charge on any atom is -0.489 e. The summed E-state index contributed by atoms with van der Waals surface area (Å²) < 4.78 is 22.1. The highest BCUT2D eigenvalue weighted by Crippen LogP contribution is 2.27. The van der Waals surface area contributed by atoms with Gasteiger partial charge in [-0.15, -0.1) is 0 Å². The van der Waals surface area contributed by atoms with Crippen molar-refractivity contribution in [1.29, 1.82) is 0 Å². The van der Waals surface area contributed by atoms with Crippen LogP contribution in [0, 0.1) is 12.9 Å². The van der Waals surface area contributed by atoms with Gasteiger partial charge in [0.2, 0.25) is 11.9 Å². The number of halogens is 2. The van der Waals surface area contributed by atoms with Gasteiger partial charge in [0.25, 0.3) is 5.91 Å². The normalized spacial score (nSPS) is 12.1. The second kappa shape index (κ2) is 11.6. The fourth-order valence-corrected chi connectivity index (χ4v) is 4.47. The van der Waals surface area contributed by atoms with Gasteiger partial charge in [0.05, 0.1) is 11.1 Å². The first-order valence-electron chi connectivity index (χ1n) is 12.4. The van der Waals surface area contributed by atoms with Crippen LogP contribution < -0.4 is 15.8 Å². The third-order valence-corrected chi connectivity index (χ3v) is 6.42. The van der Waals surface area contributed by atoms with Gasteiger partial charge in [-0.1, -0.05) is 41.9 Å².